The summed E-state index contributed by atoms with van der Waals surface area (Å²) in [7, 11) is -3.93. The van der Waals surface area contributed by atoms with E-state index in [1.165, 1.54) is 34.6 Å². The minimum absolute atomic E-state index is 0.0182. The van der Waals surface area contributed by atoms with E-state index in [4.69, 9.17) is 11.6 Å². The summed E-state index contributed by atoms with van der Waals surface area (Å²) in [6, 6.07) is 9.15. The van der Waals surface area contributed by atoms with Crippen LogP contribution in [0.3, 0.4) is 0 Å². The predicted octanol–water partition coefficient (Wildman–Crippen LogP) is 2.56. The maximum absolute atomic E-state index is 13.8. The first-order valence-corrected chi connectivity index (χ1v) is 10.3. The van der Waals surface area contributed by atoms with Crippen LogP contribution >= 0.6 is 11.6 Å². The Labute approximate surface area is 166 Å². The van der Waals surface area contributed by atoms with Gasteiger partial charge in [-0.15, -0.1) is 0 Å². The topological polar surface area (TPSA) is 69.7 Å². The van der Waals surface area contributed by atoms with E-state index >= 15 is 0 Å². The van der Waals surface area contributed by atoms with E-state index in [0.29, 0.717) is 13.1 Å². The van der Waals surface area contributed by atoms with Crippen molar-refractivity contribution in [2.75, 3.05) is 38.0 Å². The third-order valence-electron chi connectivity index (χ3n) is 4.36. The van der Waals surface area contributed by atoms with Crippen molar-refractivity contribution in [1.29, 1.82) is 0 Å². The number of carbonyl (C=O) groups is 1. The second-order valence-electron chi connectivity index (χ2n) is 6.28. The van der Waals surface area contributed by atoms with Crippen LogP contribution < -0.4 is 5.32 Å². The van der Waals surface area contributed by atoms with Crippen LogP contribution in [0.5, 0.6) is 0 Å². The largest absolute Gasteiger partial charge is 0.322 e. The second kappa shape index (κ2) is 8.52. The molecule has 1 aliphatic rings. The van der Waals surface area contributed by atoms with E-state index in [2.05, 4.69) is 5.32 Å². The van der Waals surface area contributed by atoms with Crippen molar-refractivity contribution in [2.45, 2.75) is 4.90 Å². The Hall–Kier alpha value is -2.07. The summed E-state index contributed by atoms with van der Waals surface area (Å²) in [6.45, 7) is 0.822. The second-order valence-corrected chi connectivity index (χ2v) is 8.63. The van der Waals surface area contributed by atoms with E-state index in [0.717, 1.165) is 12.1 Å². The molecule has 1 heterocycles. The number of halogens is 3. The molecule has 1 aliphatic heterocycles. The lowest BCUT2D eigenvalue weighted by Gasteiger charge is -2.33. The molecule has 0 bridgehead atoms. The molecule has 0 aromatic heterocycles. The number of anilines is 1. The summed E-state index contributed by atoms with van der Waals surface area (Å²) in [4.78, 5) is 13.5. The van der Waals surface area contributed by atoms with Crippen LogP contribution in [-0.4, -0.2) is 56.3 Å². The number of nitrogens with one attached hydrogen (secondary N) is 1. The molecule has 3 rings (SSSR count). The number of sulfonamides is 1. The van der Waals surface area contributed by atoms with Crippen LogP contribution in [-0.2, 0) is 14.8 Å². The Morgan fingerprint density at radius 3 is 2.36 bits per heavy atom. The Kier molecular flexibility index (Phi) is 6.29. The molecule has 150 valence electrons. The minimum Gasteiger partial charge on any atom is -0.322 e. The number of amides is 1. The van der Waals surface area contributed by atoms with Gasteiger partial charge in [-0.25, -0.2) is 17.2 Å². The molecule has 0 atom stereocenters. The van der Waals surface area contributed by atoms with Crippen molar-refractivity contribution >= 4 is 33.2 Å². The molecule has 0 spiro atoms. The first-order chi connectivity index (χ1) is 13.3. The molecule has 6 nitrogen and oxygen atoms in total. The molecule has 0 radical (unpaired) electrons. The van der Waals surface area contributed by atoms with Gasteiger partial charge in [0.1, 0.15) is 16.5 Å². The van der Waals surface area contributed by atoms with Gasteiger partial charge in [0.05, 0.1) is 12.2 Å². The molecular weight excluding hydrogens is 412 g/mol. The van der Waals surface area contributed by atoms with Gasteiger partial charge in [-0.3, -0.25) is 9.69 Å². The highest BCUT2D eigenvalue weighted by Crippen LogP contribution is 2.21. The third-order valence-corrected chi connectivity index (χ3v) is 6.53. The average Bonchev–Trinajstić information content (AvgIpc) is 2.65. The van der Waals surface area contributed by atoms with Crippen LogP contribution in [0.2, 0.25) is 5.02 Å². The van der Waals surface area contributed by atoms with Gasteiger partial charge in [-0.1, -0.05) is 23.7 Å². The van der Waals surface area contributed by atoms with Gasteiger partial charge in [-0.2, -0.15) is 4.31 Å². The zero-order valence-corrected chi connectivity index (χ0v) is 16.3. The molecule has 0 unspecified atom stereocenters. The molecule has 1 amide bonds. The van der Waals surface area contributed by atoms with E-state index in [1.54, 1.807) is 4.90 Å². The number of nitrogens with zero attached hydrogens (tertiary/aromatic N) is 2. The lowest BCUT2D eigenvalue weighted by atomic mass is 10.3. The lowest BCUT2D eigenvalue weighted by Crippen LogP contribution is -2.50. The van der Waals surface area contributed by atoms with E-state index in [1.807, 2.05) is 0 Å². The van der Waals surface area contributed by atoms with Gasteiger partial charge < -0.3 is 5.32 Å². The van der Waals surface area contributed by atoms with Crippen molar-refractivity contribution in [3.8, 4) is 0 Å². The monoisotopic (exact) mass is 429 g/mol. The molecule has 1 fully saturated rings. The van der Waals surface area contributed by atoms with Crippen molar-refractivity contribution in [3.63, 3.8) is 0 Å². The Morgan fingerprint density at radius 2 is 1.71 bits per heavy atom. The number of rotatable bonds is 5. The van der Waals surface area contributed by atoms with Gasteiger partial charge in [-0.05, 0) is 30.3 Å². The van der Waals surface area contributed by atoms with Gasteiger partial charge >= 0.3 is 0 Å². The summed E-state index contributed by atoms with van der Waals surface area (Å²) in [5, 5.41) is 2.69. The summed E-state index contributed by atoms with van der Waals surface area (Å²) in [5.41, 5.74) is 0.0233. The highest BCUT2D eigenvalue weighted by molar-refractivity contribution is 7.89. The van der Waals surface area contributed by atoms with Crippen LogP contribution in [0.4, 0.5) is 14.5 Å². The van der Waals surface area contributed by atoms with Gasteiger partial charge in [0, 0.05) is 31.2 Å². The zero-order chi connectivity index (χ0) is 20.3. The highest BCUT2D eigenvalue weighted by atomic mass is 35.5. The van der Waals surface area contributed by atoms with E-state index in [9.17, 15) is 22.0 Å². The first kappa shape index (κ1) is 20.7. The molecule has 10 heteroatoms. The number of carbonyl (C=O) groups excluding carboxylic acids is 1. The predicted molar refractivity (Wildman–Crippen MR) is 102 cm³/mol. The maximum Gasteiger partial charge on any atom is 0.246 e. The molecule has 28 heavy (non-hydrogen) atoms. The molecule has 2 aromatic carbocycles. The van der Waals surface area contributed by atoms with Crippen LogP contribution in [0.1, 0.15) is 0 Å². The van der Waals surface area contributed by atoms with Crippen molar-refractivity contribution < 1.29 is 22.0 Å². The number of piperazine rings is 1. The van der Waals surface area contributed by atoms with Crippen molar-refractivity contribution in [1.82, 2.24) is 9.21 Å². The van der Waals surface area contributed by atoms with Crippen LogP contribution in [0.15, 0.2) is 47.4 Å². The summed E-state index contributed by atoms with van der Waals surface area (Å²) < 4.78 is 53.9. The number of hydrogen-bond acceptors (Lipinski definition) is 4. The molecule has 1 saturated heterocycles. The zero-order valence-electron chi connectivity index (χ0n) is 14.7. The first-order valence-electron chi connectivity index (χ1n) is 8.49. The molecule has 1 N–H and O–H groups in total. The standard InChI is InChI=1S/C18H18ClF2N3O3S/c19-13-5-6-16(15(21)11-13)22-18(25)12-23-7-9-24(10-8-23)28(26,27)17-4-2-1-3-14(17)20/h1-6,11H,7-10,12H2,(H,22,25). The summed E-state index contributed by atoms with van der Waals surface area (Å²) in [6.07, 6.45) is 0. The fourth-order valence-electron chi connectivity index (χ4n) is 2.90. The van der Waals surface area contributed by atoms with Gasteiger partial charge in [0.2, 0.25) is 15.9 Å². The molecule has 0 saturated carbocycles. The van der Waals surface area contributed by atoms with Crippen molar-refractivity contribution in [3.05, 3.63) is 59.1 Å². The lowest BCUT2D eigenvalue weighted by molar-refractivity contribution is -0.117. The smallest absolute Gasteiger partial charge is 0.246 e. The fraction of sp³-hybridized carbons (Fsp3) is 0.278. The molecular formula is C18H18ClF2N3O3S. The number of hydrogen-bond donors (Lipinski definition) is 1. The fourth-order valence-corrected chi connectivity index (χ4v) is 4.55. The summed E-state index contributed by atoms with van der Waals surface area (Å²) in [5.74, 6) is -1.86. The summed E-state index contributed by atoms with van der Waals surface area (Å²) >= 11 is 5.68. The number of benzene rings is 2. The molecule has 0 aliphatic carbocycles. The van der Waals surface area contributed by atoms with E-state index in [-0.39, 0.29) is 35.2 Å². The van der Waals surface area contributed by atoms with Crippen LogP contribution in [0.25, 0.3) is 0 Å². The Balaban J connectivity index is 1.57. The van der Waals surface area contributed by atoms with Gasteiger partial charge in [0.25, 0.3) is 0 Å². The maximum atomic E-state index is 13.8. The van der Waals surface area contributed by atoms with Gasteiger partial charge in [0.15, 0.2) is 0 Å². The normalized spacial score (nSPS) is 16.1. The third kappa shape index (κ3) is 4.67. The average molecular weight is 430 g/mol. The Bertz CT molecular complexity index is 980. The molecule has 2 aromatic rings. The van der Waals surface area contributed by atoms with Crippen LogP contribution in [0, 0.1) is 11.6 Å². The highest BCUT2D eigenvalue weighted by Gasteiger charge is 2.30. The SMILES string of the molecule is O=C(CN1CCN(S(=O)(=O)c2ccccc2F)CC1)Nc1ccc(Cl)cc1F. The van der Waals surface area contributed by atoms with Crippen molar-refractivity contribution in [2.24, 2.45) is 0 Å². The minimum atomic E-state index is -3.93. The Morgan fingerprint density at radius 1 is 1.04 bits per heavy atom. The quantitative estimate of drug-likeness (QED) is 0.793. The van der Waals surface area contributed by atoms with E-state index < -0.39 is 27.6 Å².